The van der Waals surface area contributed by atoms with E-state index in [0.717, 1.165) is 13.0 Å². The number of hydrogen-bond donors (Lipinski definition) is 1. The summed E-state index contributed by atoms with van der Waals surface area (Å²) in [6, 6.07) is 4.79. The number of aryl methyl sites for hydroxylation is 1. The van der Waals surface area contributed by atoms with Crippen molar-refractivity contribution >= 4 is 11.6 Å². The first-order valence-electron chi connectivity index (χ1n) is 7.28. The van der Waals surface area contributed by atoms with Crippen molar-refractivity contribution < 1.29 is 9.72 Å². The van der Waals surface area contributed by atoms with E-state index in [1.165, 1.54) is 6.07 Å². The summed E-state index contributed by atoms with van der Waals surface area (Å²) in [6.45, 7) is 4.18. The van der Waals surface area contributed by atoms with Gasteiger partial charge >= 0.3 is 0 Å². The molecule has 0 radical (unpaired) electrons. The van der Waals surface area contributed by atoms with Gasteiger partial charge in [-0.2, -0.15) is 0 Å². The van der Waals surface area contributed by atoms with Crippen molar-refractivity contribution in [3.05, 3.63) is 39.4 Å². The lowest BCUT2D eigenvalue weighted by Crippen LogP contribution is -2.30. The molecule has 0 saturated carbocycles. The molecule has 114 valence electrons. The first-order chi connectivity index (χ1) is 10.1. The SMILES string of the molecule is CCc1ccc(C(=O)N2CCC(CNC)C2)cc1[N+](=O)[O-]. The highest BCUT2D eigenvalue weighted by Crippen LogP contribution is 2.24. The average Bonchev–Trinajstić information content (AvgIpc) is 2.94. The lowest BCUT2D eigenvalue weighted by atomic mass is 10.1. The van der Waals surface area contributed by atoms with Gasteiger partial charge in [0, 0.05) is 30.3 Å². The summed E-state index contributed by atoms with van der Waals surface area (Å²) in [6.07, 6.45) is 1.56. The van der Waals surface area contributed by atoms with Crippen LogP contribution in [0.2, 0.25) is 0 Å². The van der Waals surface area contributed by atoms with Crippen molar-refractivity contribution in [3.8, 4) is 0 Å². The summed E-state index contributed by atoms with van der Waals surface area (Å²) in [4.78, 5) is 24.9. The third kappa shape index (κ3) is 3.39. The minimum atomic E-state index is -0.413. The largest absolute Gasteiger partial charge is 0.338 e. The number of carbonyl (C=O) groups excluding carboxylic acids is 1. The van der Waals surface area contributed by atoms with E-state index >= 15 is 0 Å². The van der Waals surface area contributed by atoms with Crippen molar-refractivity contribution in [2.75, 3.05) is 26.7 Å². The Kier molecular flexibility index (Phi) is 4.90. The van der Waals surface area contributed by atoms with Crippen LogP contribution in [0.5, 0.6) is 0 Å². The Morgan fingerprint density at radius 3 is 2.90 bits per heavy atom. The van der Waals surface area contributed by atoms with Gasteiger partial charge in [-0.05, 0) is 38.4 Å². The number of nitro groups is 1. The van der Waals surface area contributed by atoms with Crippen molar-refractivity contribution in [2.45, 2.75) is 19.8 Å². The number of rotatable bonds is 5. The molecule has 1 aliphatic rings. The molecule has 1 aromatic rings. The molecule has 1 N–H and O–H groups in total. The van der Waals surface area contributed by atoms with E-state index in [1.807, 2.05) is 14.0 Å². The highest BCUT2D eigenvalue weighted by atomic mass is 16.6. The molecule has 0 spiro atoms. The number of likely N-dealkylation sites (tertiary alicyclic amines) is 1. The van der Waals surface area contributed by atoms with Gasteiger partial charge in [0.05, 0.1) is 4.92 Å². The molecule has 1 heterocycles. The Balaban J connectivity index is 2.17. The monoisotopic (exact) mass is 291 g/mol. The summed E-state index contributed by atoms with van der Waals surface area (Å²) in [5.41, 5.74) is 1.10. The maximum atomic E-state index is 12.5. The number of amides is 1. The Hall–Kier alpha value is -1.95. The molecule has 0 aromatic heterocycles. The van der Waals surface area contributed by atoms with Gasteiger partial charge in [-0.25, -0.2) is 0 Å². The van der Waals surface area contributed by atoms with Gasteiger partial charge in [-0.3, -0.25) is 14.9 Å². The van der Waals surface area contributed by atoms with Gasteiger partial charge in [-0.1, -0.05) is 13.0 Å². The summed E-state index contributed by atoms with van der Waals surface area (Å²) >= 11 is 0. The molecule has 21 heavy (non-hydrogen) atoms. The van der Waals surface area contributed by atoms with Crippen LogP contribution in [0.15, 0.2) is 18.2 Å². The highest BCUT2D eigenvalue weighted by molar-refractivity contribution is 5.95. The fourth-order valence-corrected chi connectivity index (χ4v) is 2.82. The number of carbonyl (C=O) groups is 1. The first-order valence-corrected chi connectivity index (χ1v) is 7.28. The second-order valence-corrected chi connectivity index (χ2v) is 5.42. The van der Waals surface area contributed by atoms with Crippen molar-refractivity contribution in [1.82, 2.24) is 10.2 Å². The molecule has 6 nitrogen and oxygen atoms in total. The highest BCUT2D eigenvalue weighted by Gasteiger charge is 2.27. The topological polar surface area (TPSA) is 75.5 Å². The quantitative estimate of drug-likeness (QED) is 0.663. The molecule has 1 fully saturated rings. The van der Waals surface area contributed by atoms with Crippen LogP contribution in [-0.2, 0) is 6.42 Å². The summed E-state index contributed by atoms with van der Waals surface area (Å²) in [5, 5.41) is 14.2. The summed E-state index contributed by atoms with van der Waals surface area (Å²) < 4.78 is 0. The van der Waals surface area contributed by atoms with Gasteiger partial charge in [0.2, 0.25) is 0 Å². The molecular formula is C15H21N3O3. The molecule has 1 saturated heterocycles. The standard InChI is InChI=1S/C15H21N3O3/c1-3-12-4-5-13(8-14(12)18(20)21)15(19)17-7-6-11(10-17)9-16-2/h4-5,8,11,16H,3,6-7,9-10H2,1-2H3. The number of nitrogens with zero attached hydrogens (tertiary/aromatic N) is 2. The average molecular weight is 291 g/mol. The van der Waals surface area contributed by atoms with E-state index in [2.05, 4.69) is 5.32 Å². The van der Waals surface area contributed by atoms with Crippen LogP contribution in [0.1, 0.15) is 29.3 Å². The molecule has 0 aliphatic carbocycles. The maximum absolute atomic E-state index is 12.5. The second kappa shape index (κ2) is 6.67. The minimum Gasteiger partial charge on any atom is -0.338 e. The zero-order valence-corrected chi connectivity index (χ0v) is 12.5. The van der Waals surface area contributed by atoms with E-state index in [-0.39, 0.29) is 11.6 Å². The number of hydrogen-bond acceptors (Lipinski definition) is 4. The van der Waals surface area contributed by atoms with Gasteiger partial charge in [-0.15, -0.1) is 0 Å². The molecule has 0 bridgehead atoms. The fourth-order valence-electron chi connectivity index (χ4n) is 2.82. The summed E-state index contributed by atoms with van der Waals surface area (Å²) in [5.74, 6) is 0.350. The number of benzene rings is 1. The van der Waals surface area contributed by atoms with Crippen LogP contribution in [0.25, 0.3) is 0 Å². The second-order valence-electron chi connectivity index (χ2n) is 5.42. The maximum Gasteiger partial charge on any atom is 0.273 e. The Morgan fingerprint density at radius 2 is 2.29 bits per heavy atom. The third-order valence-corrected chi connectivity index (χ3v) is 3.98. The molecule has 1 atom stereocenters. The smallest absolute Gasteiger partial charge is 0.273 e. The third-order valence-electron chi connectivity index (χ3n) is 3.98. The first kappa shape index (κ1) is 15.4. The minimum absolute atomic E-state index is 0.0364. The number of nitro benzene ring substituents is 1. The van der Waals surface area contributed by atoms with E-state index in [0.29, 0.717) is 36.6 Å². The Bertz CT molecular complexity index is 545. The van der Waals surface area contributed by atoms with Crippen LogP contribution in [0.3, 0.4) is 0 Å². The van der Waals surface area contributed by atoms with Gasteiger partial charge in [0.25, 0.3) is 11.6 Å². The molecule has 1 unspecified atom stereocenters. The summed E-state index contributed by atoms with van der Waals surface area (Å²) in [7, 11) is 1.90. The number of nitrogens with one attached hydrogen (secondary N) is 1. The van der Waals surface area contributed by atoms with E-state index in [9.17, 15) is 14.9 Å². The predicted molar refractivity (Wildman–Crippen MR) is 80.4 cm³/mol. The molecular weight excluding hydrogens is 270 g/mol. The zero-order chi connectivity index (χ0) is 15.4. The lowest BCUT2D eigenvalue weighted by Gasteiger charge is -2.17. The van der Waals surface area contributed by atoms with Crippen molar-refractivity contribution in [3.63, 3.8) is 0 Å². The van der Waals surface area contributed by atoms with Crippen LogP contribution in [0, 0.1) is 16.0 Å². The van der Waals surface area contributed by atoms with Gasteiger partial charge < -0.3 is 10.2 Å². The normalized spacial score (nSPS) is 18.0. The van der Waals surface area contributed by atoms with Gasteiger partial charge in [0.1, 0.15) is 0 Å². The lowest BCUT2D eigenvalue weighted by molar-refractivity contribution is -0.385. The Morgan fingerprint density at radius 1 is 1.52 bits per heavy atom. The van der Waals surface area contributed by atoms with Crippen LogP contribution in [0.4, 0.5) is 5.69 Å². The Labute approximate surface area is 124 Å². The molecule has 2 rings (SSSR count). The zero-order valence-electron chi connectivity index (χ0n) is 12.5. The van der Waals surface area contributed by atoms with Crippen molar-refractivity contribution in [2.24, 2.45) is 5.92 Å². The molecule has 1 aliphatic heterocycles. The van der Waals surface area contributed by atoms with E-state index in [1.54, 1.807) is 17.0 Å². The predicted octanol–water partition coefficient (Wildman–Crippen LogP) is 1.84. The van der Waals surface area contributed by atoms with Crippen LogP contribution >= 0.6 is 0 Å². The molecule has 1 aromatic carbocycles. The fraction of sp³-hybridized carbons (Fsp3) is 0.533. The van der Waals surface area contributed by atoms with Crippen LogP contribution < -0.4 is 5.32 Å². The van der Waals surface area contributed by atoms with Crippen molar-refractivity contribution in [1.29, 1.82) is 0 Å². The van der Waals surface area contributed by atoms with E-state index in [4.69, 9.17) is 0 Å². The molecule has 1 amide bonds. The van der Waals surface area contributed by atoms with Gasteiger partial charge in [0.15, 0.2) is 0 Å². The van der Waals surface area contributed by atoms with Crippen LogP contribution in [-0.4, -0.2) is 42.4 Å². The van der Waals surface area contributed by atoms with E-state index < -0.39 is 4.92 Å². The molecule has 6 heteroatoms.